The molecule has 1 heterocycles. The van der Waals surface area contributed by atoms with Gasteiger partial charge in [-0.25, -0.2) is 0 Å². The van der Waals surface area contributed by atoms with Crippen molar-refractivity contribution in [1.82, 2.24) is 5.43 Å². The molecule has 20 heavy (non-hydrogen) atoms. The van der Waals surface area contributed by atoms with Crippen LogP contribution in [0.25, 0.3) is 0 Å². The maximum absolute atomic E-state index is 5.88. The van der Waals surface area contributed by atoms with Crippen molar-refractivity contribution in [3.63, 3.8) is 0 Å². The van der Waals surface area contributed by atoms with Gasteiger partial charge in [0.2, 0.25) is 0 Å². The minimum absolute atomic E-state index is 0.258. The quantitative estimate of drug-likeness (QED) is 0.619. The number of nitrogens with one attached hydrogen (secondary N) is 1. The van der Waals surface area contributed by atoms with Crippen molar-refractivity contribution in [1.29, 1.82) is 0 Å². The Morgan fingerprint density at radius 2 is 1.90 bits per heavy atom. The van der Waals surface area contributed by atoms with Crippen LogP contribution in [-0.4, -0.2) is 22.0 Å². The summed E-state index contributed by atoms with van der Waals surface area (Å²) in [5.74, 6) is 8.38. The van der Waals surface area contributed by atoms with Crippen molar-refractivity contribution < 1.29 is 0 Å². The zero-order valence-electron chi connectivity index (χ0n) is 12.5. The van der Waals surface area contributed by atoms with Crippen molar-refractivity contribution in [2.45, 2.75) is 49.7 Å². The largest absolute Gasteiger partial charge is 0.271 e. The van der Waals surface area contributed by atoms with Gasteiger partial charge in [-0.1, -0.05) is 44.5 Å². The summed E-state index contributed by atoms with van der Waals surface area (Å²) in [6, 6.07) is 9.27. The average molecular weight is 311 g/mol. The van der Waals surface area contributed by atoms with Crippen LogP contribution in [0.3, 0.4) is 0 Å². The van der Waals surface area contributed by atoms with E-state index in [1.807, 2.05) is 0 Å². The summed E-state index contributed by atoms with van der Waals surface area (Å²) in [6.45, 7) is 4.51. The number of thioether (sulfide) groups is 2. The van der Waals surface area contributed by atoms with Crippen LogP contribution < -0.4 is 11.3 Å². The summed E-state index contributed by atoms with van der Waals surface area (Å²) < 4.78 is 0. The molecule has 1 saturated heterocycles. The van der Waals surface area contributed by atoms with E-state index in [0.717, 1.165) is 6.42 Å². The van der Waals surface area contributed by atoms with E-state index in [2.05, 4.69) is 67.1 Å². The lowest BCUT2D eigenvalue weighted by molar-refractivity contribution is 0.513. The second-order valence-electron chi connectivity index (χ2n) is 5.29. The molecular weight excluding hydrogens is 284 g/mol. The van der Waals surface area contributed by atoms with Gasteiger partial charge in [-0.2, -0.15) is 23.5 Å². The Balaban J connectivity index is 2.13. The topological polar surface area (TPSA) is 38.0 Å². The Labute approximate surface area is 131 Å². The zero-order chi connectivity index (χ0) is 14.4. The van der Waals surface area contributed by atoms with Crippen molar-refractivity contribution in [3.8, 4) is 0 Å². The van der Waals surface area contributed by atoms with Crippen LogP contribution in [-0.2, 0) is 6.42 Å². The third-order valence-corrected chi connectivity index (χ3v) is 7.23. The first kappa shape index (κ1) is 16.2. The van der Waals surface area contributed by atoms with Gasteiger partial charge in [-0.05, 0) is 24.0 Å². The second-order valence-corrected chi connectivity index (χ2v) is 7.92. The molecule has 0 bridgehead atoms. The van der Waals surface area contributed by atoms with Crippen LogP contribution >= 0.6 is 23.5 Å². The number of benzene rings is 1. The smallest absolute Gasteiger partial charge is 0.0589 e. The van der Waals surface area contributed by atoms with E-state index in [9.17, 15) is 0 Å². The molecular formula is C16H26N2S2. The highest BCUT2D eigenvalue weighted by Crippen LogP contribution is 2.39. The van der Waals surface area contributed by atoms with Crippen LogP contribution in [0.1, 0.15) is 43.9 Å². The van der Waals surface area contributed by atoms with Crippen molar-refractivity contribution >= 4 is 23.5 Å². The van der Waals surface area contributed by atoms with Gasteiger partial charge in [0.25, 0.3) is 0 Å². The fourth-order valence-corrected chi connectivity index (χ4v) is 6.04. The van der Waals surface area contributed by atoms with Gasteiger partial charge < -0.3 is 0 Å². The predicted molar refractivity (Wildman–Crippen MR) is 93.3 cm³/mol. The highest BCUT2D eigenvalue weighted by molar-refractivity contribution is 8.07. The van der Waals surface area contributed by atoms with Gasteiger partial charge >= 0.3 is 0 Å². The molecule has 1 aliphatic heterocycles. The minimum atomic E-state index is 0.258. The van der Waals surface area contributed by atoms with Crippen LogP contribution in [0.5, 0.6) is 0 Å². The third-order valence-electron chi connectivity index (χ3n) is 3.88. The van der Waals surface area contributed by atoms with Crippen LogP contribution in [0, 0.1) is 0 Å². The highest BCUT2D eigenvalue weighted by atomic mass is 32.2. The zero-order valence-corrected chi connectivity index (χ0v) is 14.1. The monoisotopic (exact) mass is 310 g/mol. The van der Waals surface area contributed by atoms with E-state index in [1.54, 1.807) is 0 Å². The maximum Gasteiger partial charge on any atom is 0.0589 e. The first-order valence-corrected chi connectivity index (χ1v) is 9.68. The summed E-state index contributed by atoms with van der Waals surface area (Å²) >= 11 is 4.18. The predicted octanol–water partition coefficient (Wildman–Crippen LogP) is 3.77. The van der Waals surface area contributed by atoms with E-state index < -0.39 is 0 Å². The molecule has 112 valence electrons. The van der Waals surface area contributed by atoms with Crippen molar-refractivity contribution in [3.05, 3.63) is 35.4 Å². The van der Waals surface area contributed by atoms with E-state index in [4.69, 9.17) is 5.84 Å². The maximum atomic E-state index is 5.88. The SMILES string of the molecule is CCCc1ccc(C(NN)C2SCCSC2CC)cc1. The Morgan fingerprint density at radius 3 is 2.50 bits per heavy atom. The average Bonchev–Trinajstić information content (AvgIpc) is 2.50. The van der Waals surface area contributed by atoms with E-state index in [-0.39, 0.29) is 6.04 Å². The van der Waals surface area contributed by atoms with E-state index in [0.29, 0.717) is 10.5 Å². The van der Waals surface area contributed by atoms with Crippen LogP contribution in [0.2, 0.25) is 0 Å². The summed E-state index contributed by atoms with van der Waals surface area (Å²) in [6.07, 6.45) is 3.58. The molecule has 1 aromatic rings. The minimum Gasteiger partial charge on any atom is -0.271 e. The first-order valence-electron chi connectivity index (χ1n) is 7.58. The molecule has 2 nitrogen and oxygen atoms in total. The number of hydrazine groups is 1. The molecule has 1 aromatic carbocycles. The Kier molecular flexibility index (Phi) is 6.75. The van der Waals surface area contributed by atoms with Gasteiger partial charge in [-0.15, -0.1) is 0 Å². The van der Waals surface area contributed by atoms with Gasteiger partial charge in [0.1, 0.15) is 0 Å². The molecule has 2 rings (SSSR count). The molecule has 3 atom stereocenters. The first-order chi connectivity index (χ1) is 9.80. The summed E-state index contributed by atoms with van der Waals surface area (Å²) in [4.78, 5) is 0. The lowest BCUT2D eigenvalue weighted by Crippen LogP contribution is -2.41. The van der Waals surface area contributed by atoms with Crippen molar-refractivity contribution in [2.75, 3.05) is 11.5 Å². The number of rotatable bonds is 6. The van der Waals surface area contributed by atoms with Gasteiger partial charge in [0.15, 0.2) is 0 Å². The van der Waals surface area contributed by atoms with E-state index >= 15 is 0 Å². The molecule has 3 N–H and O–H groups in total. The van der Waals surface area contributed by atoms with Gasteiger partial charge in [0.05, 0.1) is 6.04 Å². The lowest BCUT2D eigenvalue weighted by Gasteiger charge is -2.35. The summed E-state index contributed by atoms with van der Waals surface area (Å²) in [5.41, 5.74) is 5.82. The molecule has 0 radical (unpaired) electrons. The molecule has 4 heteroatoms. The molecule has 1 fully saturated rings. The van der Waals surface area contributed by atoms with Crippen LogP contribution in [0.4, 0.5) is 0 Å². The van der Waals surface area contributed by atoms with Gasteiger partial charge in [-0.3, -0.25) is 11.3 Å². The summed E-state index contributed by atoms with van der Waals surface area (Å²) in [7, 11) is 0. The Hall–Kier alpha value is -0.160. The van der Waals surface area contributed by atoms with Gasteiger partial charge in [0, 0.05) is 22.0 Å². The second kappa shape index (κ2) is 8.32. The lowest BCUT2D eigenvalue weighted by atomic mass is 9.98. The third kappa shape index (κ3) is 3.94. The number of aryl methyl sites for hydroxylation is 1. The summed E-state index contributed by atoms with van der Waals surface area (Å²) in [5, 5.41) is 1.27. The van der Waals surface area contributed by atoms with Crippen molar-refractivity contribution in [2.24, 2.45) is 5.84 Å². The highest BCUT2D eigenvalue weighted by Gasteiger charge is 2.32. The Morgan fingerprint density at radius 1 is 1.20 bits per heavy atom. The molecule has 0 saturated carbocycles. The van der Waals surface area contributed by atoms with Crippen LogP contribution in [0.15, 0.2) is 24.3 Å². The number of hydrogen-bond acceptors (Lipinski definition) is 4. The molecule has 1 aliphatic rings. The number of nitrogens with two attached hydrogens (primary N) is 1. The Bertz CT molecular complexity index is 394. The molecule has 0 spiro atoms. The standard InChI is InChI=1S/C16H26N2S2/c1-3-5-12-6-8-13(9-7-12)15(18-17)16-14(4-2)19-10-11-20-16/h6-9,14-16,18H,3-5,10-11,17H2,1-2H3. The van der Waals surface area contributed by atoms with E-state index in [1.165, 1.54) is 35.5 Å². The fraction of sp³-hybridized carbons (Fsp3) is 0.625. The number of hydrogen-bond donors (Lipinski definition) is 2. The fourth-order valence-electron chi connectivity index (χ4n) is 2.81. The molecule has 0 aliphatic carbocycles. The molecule has 0 amide bonds. The molecule has 3 unspecified atom stereocenters. The molecule has 0 aromatic heterocycles. The normalized spacial score (nSPS) is 24.6.